The summed E-state index contributed by atoms with van der Waals surface area (Å²) in [5, 5.41) is 1.19. The maximum Gasteiger partial charge on any atom is 0.0716 e. The lowest BCUT2D eigenvalue weighted by atomic mass is 10.0. The van der Waals surface area contributed by atoms with Gasteiger partial charge in [0.05, 0.1) is 11.2 Å². The second-order valence-corrected chi connectivity index (χ2v) is 5.96. The van der Waals surface area contributed by atoms with Crippen LogP contribution < -0.4 is 0 Å². The second-order valence-electron chi connectivity index (χ2n) is 5.96. The molecule has 0 saturated heterocycles. The van der Waals surface area contributed by atoms with E-state index in [0.717, 1.165) is 24.1 Å². The van der Waals surface area contributed by atoms with Gasteiger partial charge in [0.1, 0.15) is 0 Å². The lowest BCUT2D eigenvalue weighted by molar-refractivity contribution is 0.927. The van der Waals surface area contributed by atoms with Gasteiger partial charge in [0.15, 0.2) is 0 Å². The van der Waals surface area contributed by atoms with E-state index in [9.17, 15) is 0 Å². The van der Waals surface area contributed by atoms with Crippen molar-refractivity contribution in [1.29, 1.82) is 0 Å². The lowest BCUT2D eigenvalue weighted by Crippen LogP contribution is -1.84. The number of benzene rings is 1. The first-order valence-corrected chi connectivity index (χ1v) is 8.23. The number of hydrogen-bond donors (Lipinski definition) is 0. The van der Waals surface area contributed by atoms with Crippen LogP contribution in [0.15, 0.2) is 72.8 Å². The highest BCUT2D eigenvalue weighted by Gasteiger charge is 2.16. The summed E-state index contributed by atoms with van der Waals surface area (Å²) < 4.78 is 0. The van der Waals surface area contributed by atoms with Crippen molar-refractivity contribution in [3.63, 3.8) is 0 Å². The van der Waals surface area contributed by atoms with Crippen LogP contribution in [0.25, 0.3) is 33.3 Å². The number of pyridine rings is 1. The Labute approximate surface area is 137 Å². The third-order valence-electron chi connectivity index (χ3n) is 4.39. The summed E-state index contributed by atoms with van der Waals surface area (Å²) in [4.78, 5) is 4.89. The molecular formula is C22H19N. The molecule has 0 saturated carbocycles. The van der Waals surface area contributed by atoms with Crippen LogP contribution >= 0.6 is 0 Å². The summed E-state index contributed by atoms with van der Waals surface area (Å²) >= 11 is 0. The Balaban J connectivity index is 1.93. The minimum Gasteiger partial charge on any atom is -0.248 e. The molecule has 0 aliphatic heterocycles. The van der Waals surface area contributed by atoms with Gasteiger partial charge in [0.2, 0.25) is 0 Å². The number of nitrogens with zero attached hydrogens (tertiary/aromatic N) is 1. The van der Waals surface area contributed by atoms with Crippen LogP contribution in [0.2, 0.25) is 0 Å². The van der Waals surface area contributed by atoms with E-state index in [0.29, 0.717) is 0 Å². The molecule has 1 nitrogen and oxygen atoms in total. The minimum atomic E-state index is 1.05. The van der Waals surface area contributed by atoms with Gasteiger partial charge < -0.3 is 0 Å². The van der Waals surface area contributed by atoms with E-state index in [4.69, 9.17) is 4.98 Å². The summed E-state index contributed by atoms with van der Waals surface area (Å²) in [5.74, 6) is 0. The molecule has 0 amide bonds. The fourth-order valence-electron chi connectivity index (χ4n) is 3.30. The van der Waals surface area contributed by atoms with Crippen LogP contribution in [0.1, 0.15) is 18.9 Å². The molecule has 0 fully saturated rings. The second kappa shape index (κ2) is 5.85. The van der Waals surface area contributed by atoms with Crippen molar-refractivity contribution < 1.29 is 0 Å². The van der Waals surface area contributed by atoms with E-state index in [1.807, 2.05) is 6.07 Å². The molecule has 0 unspecified atom stereocenters. The molecular weight excluding hydrogens is 278 g/mol. The molecule has 1 aromatic heterocycles. The van der Waals surface area contributed by atoms with Gasteiger partial charge >= 0.3 is 0 Å². The molecule has 0 N–H and O–H groups in total. The molecule has 112 valence electrons. The van der Waals surface area contributed by atoms with Gasteiger partial charge in [-0.1, -0.05) is 67.9 Å². The molecule has 2 aromatic rings. The summed E-state index contributed by atoms with van der Waals surface area (Å²) in [6.07, 6.45) is 2.26. The molecule has 1 aromatic carbocycles. The SMILES string of the molecule is CCCc1cc(-c2ccc3ccccc3n2)c2cccccc1-2. The third-order valence-corrected chi connectivity index (χ3v) is 4.39. The van der Waals surface area contributed by atoms with Crippen LogP contribution in [0, 0.1) is 0 Å². The van der Waals surface area contributed by atoms with Crippen molar-refractivity contribution in [2.24, 2.45) is 0 Å². The standard InChI is InChI=1S/C22H19N/c1-2-8-17-15-20(19-11-5-3-4-10-18(17)19)22-14-13-16-9-6-7-12-21(16)23-22/h3-7,9-15H,2,8H2,1H3. The molecule has 2 aliphatic carbocycles. The summed E-state index contributed by atoms with van der Waals surface area (Å²) in [6.45, 7) is 2.23. The largest absolute Gasteiger partial charge is 0.248 e. The third kappa shape index (κ3) is 2.49. The van der Waals surface area contributed by atoms with Gasteiger partial charge in [0.25, 0.3) is 0 Å². The number of hydrogen-bond acceptors (Lipinski definition) is 1. The van der Waals surface area contributed by atoms with Crippen molar-refractivity contribution in [3.05, 3.63) is 78.4 Å². The van der Waals surface area contributed by atoms with E-state index >= 15 is 0 Å². The van der Waals surface area contributed by atoms with E-state index in [2.05, 4.69) is 73.7 Å². The average molecular weight is 297 g/mol. The fourth-order valence-corrected chi connectivity index (χ4v) is 3.30. The van der Waals surface area contributed by atoms with Gasteiger partial charge in [-0.05, 0) is 41.3 Å². The highest BCUT2D eigenvalue weighted by molar-refractivity contribution is 5.90. The van der Waals surface area contributed by atoms with Crippen LogP contribution in [-0.4, -0.2) is 4.98 Å². The van der Waals surface area contributed by atoms with E-state index in [1.54, 1.807) is 0 Å². The summed E-state index contributed by atoms with van der Waals surface area (Å²) in [7, 11) is 0. The number of aryl methyl sites for hydroxylation is 1. The number of fused-ring (bicyclic) bond motifs is 2. The topological polar surface area (TPSA) is 12.9 Å². The van der Waals surface area contributed by atoms with E-state index in [-0.39, 0.29) is 0 Å². The first-order chi connectivity index (χ1) is 11.4. The maximum absolute atomic E-state index is 4.89. The fraction of sp³-hybridized carbons (Fsp3) is 0.136. The number of para-hydroxylation sites is 1. The summed E-state index contributed by atoms with van der Waals surface area (Å²) in [6, 6.07) is 25.7. The Bertz CT molecular complexity index is 939. The normalized spacial score (nSPS) is 11.2. The van der Waals surface area contributed by atoms with E-state index in [1.165, 1.54) is 27.6 Å². The molecule has 0 spiro atoms. The predicted molar refractivity (Wildman–Crippen MR) is 97.8 cm³/mol. The van der Waals surface area contributed by atoms with Crippen molar-refractivity contribution >= 4 is 10.9 Å². The van der Waals surface area contributed by atoms with Gasteiger partial charge in [0, 0.05) is 10.9 Å². The quantitative estimate of drug-likeness (QED) is 0.454. The molecule has 1 heterocycles. The Morgan fingerprint density at radius 2 is 1.52 bits per heavy atom. The van der Waals surface area contributed by atoms with Gasteiger partial charge in [-0.15, -0.1) is 0 Å². The Morgan fingerprint density at radius 3 is 2.39 bits per heavy atom. The highest BCUT2D eigenvalue weighted by atomic mass is 14.7. The van der Waals surface area contributed by atoms with Crippen molar-refractivity contribution in [1.82, 2.24) is 4.98 Å². The Hall–Kier alpha value is -2.67. The predicted octanol–water partition coefficient (Wildman–Crippen LogP) is 5.96. The zero-order valence-electron chi connectivity index (χ0n) is 13.3. The molecule has 2 aliphatic rings. The maximum atomic E-state index is 4.89. The zero-order valence-corrected chi connectivity index (χ0v) is 13.3. The smallest absolute Gasteiger partial charge is 0.0716 e. The molecule has 4 rings (SSSR count). The van der Waals surface area contributed by atoms with Crippen molar-refractivity contribution in [3.8, 4) is 22.4 Å². The number of aromatic nitrogens is 1. The average Bonchev–Trinajstić information content (AvgIpc) is 2.77. The Morgan fingerprint density at radius 1 is 0.739 bits per heavy atom. The van der Waals surface area contributed by atoms with Crippen LogP contribution in [0.4, 0.5) is 0 Å². The minimum absolute atomic E-state index is 1.05. The van der Waals surface area contributed by atoms with Crippen LogP contribution in [0.5, 0.6) is 0 Å². The van der Waals surface area contributed by atoms with E-state index < -0.39 is 0 Å². The first kappa shape index (κ1) is 14.0. The molecule has 23 heavy (non-hydrogen) atoms. The molecule has 0 bridgehead atoms. The van der Waals surface area contributed by atoms with Gasteiger partial charge in [-0.25, -0.2) is 4.98 Å². The van der Waals surface area contributed by atoms with Crippen LogP contribution in [0.3, 0.4) is 0 Å². The molecule has 0 atom stereocenters. The number of rotatable bonds is 3. The zero-order chi connectivity index (χ0) is 15.6. The van der Waals surface area contributed by atoms with Gasteiger partial charge in [-0.3, -0.25) is 0 Å². The monoisotopic (exact) mass is 297 g/mol. The highest BCUT2D eigenvalue weighted by Crippen LogP contribution is 2.38. The molecule has 1 heteroatoms. The van der Waals surface area contributed by atoms with Gasteiger partial charge in [-0.2, -0.15) is 0 Å². The first-order valence-electron chi connectivity index (χ1n) is 8.23. The molecule has 0 radical (unpaired) electrons. The van der Waals surface area contributed by atoms with Crippen molar-refractivity contribution in [2.75, 3.05) is 0 Å². The van der Waals surface area contributed by atoms with Crippen molar-refractivity contribution in [2.45, 2.75) is 19.8 Å². The summed E-state index contributed by atoms with van der Waals surface area (Å²) in [5.41, 5.74) is 7.41. The Kier molecular flexibility index (Phi) is 3.55. The lowest BCUT2D eigenvalue weighted by Gasteiger charge is -2.04. The van der Waals surface area contributed by atoms with Crippen LogP contribution in [-0.2, 0) is 6.42 Å².